The van der Waals surface area contributed by atoms with Gasteiger partial charge in [0, 0.05) is 18.0 Å². The van der Waals surface area contributed by atoms with Crippen LogP contribution in [0.1, 0.15) is 5.69 Å². The molecule has 2 aromatic carbocycles. The second-order valence-electron chi connectivity index (χ2n) is 6.08. The maximum Gasteiger partial charge on any atom is 0.244 e. The number of carbonyl (C=O) groups is 2. The summed E-state index contributed by atoms with van der Waals surface area (Å²) in [6.07, 6.45) is 0.125. The fourth-order valence-corrected chi connectivity index (χ4v) is 3.81. The van der Waals surface area contributed by atoms with Crippen molar-refractivity contribution in [3.63, 3.8) is 0 Å². The Hall–Kier alpha value is -2.41. The van der Waals surface area contributed by atoms with Crippen molar-refractivity contribution in [2.24, 2.45) is 0 Å². The Morgan fingerprint density at radius 1 is 1.07 bits per heavy atom. The molecule has 2 amide bonds. The Labute approximate surface area is 176 Å². The summed E-state index contributed by atoms with van der Waals surface area (Å²) in [4.78, 5) is 30.5. The molecule has 0 saturated carbocycles. The highest BCUT2D eigenvalue weighted by molar-refractivity contribution is 7.13. The molecule has 0 aliphatic heterocycles. The molecule has 144 valence electrons. The average Bonchev–Trinajstić information content (AvgIpc) is 3.14. The van der Waals surface area contributed by atoms with E-state index in [1.54, 1.807) is 25.2 Å². The summed E-state index contributed by atoms with van der Waals surface area (Å²) in [7, 11) is 1.57. The van der Waals surface area contributed by atoms with Gasteiger partial charge in [-0.05, 0) is 12.1 Å². The molecule has 0 aliphatic carbocycles. The summed E-state index contributed by atoms with van der Waals surface area (Å²) < 4.78 is 0. The predicted molar refractivity (Wildman–Crippen MR) is 114 cm³/mol. The van der Waals surface area contributed by atoms with Crippen molar-refractivity contribution >= 4 is 52.0 Å². The SMILES string of the molecule is CN(CC(=O)Nc1c(Cl)cccc1Cl)C(=O)Cc1csc(-c2ccccc2)n1. The maximum atomic E-state index is 12.4. The fraction of sp³-hybridized carbons (Fsp3) is 0.150. The van der Waals surface area contributed by atoms with Crippen molar-refractivity contribution in [1.29, 1.82) is 0 Å². The zero-order chi connectivity index (χ0) is 20.1. The second-order valence-corrected chi connectivity index (χ2v) is 7.75. The number of halogens is 2. The molecule has 0 atom stereocenters. The minimum absolute atomic E-state index is 0.115. The molecule has 3 aromatic rings. The van der Waals surface area contributed by atoms with Gasteiger partial charge in [-0.3, -0.25) is 9.59 Å². The van der Waals surface area contributed by atoms with E-state index in [2.05, 4.69) is 10.3 Å². The molecule has 3 rings (SSSR count). The van der Waals surface area contributed by atoms with Crippen molar-refractivity contribution in [3.8, 4) is 10.6 Å². The number of carbonyl (C=O) groups excluding carboxylic acids is 2. The molecule has 0 unspecified atom stereocenters. The summed E-state index contributed by atoms with van der Waals surface area (Å²) in [6.45, 7) is -0.115. The van der Waals surface area contributed by atoms with Crippen LogP contribution in [0.5, 0.6) is 0 Å². The third-order valence-corrected chi connectivity index (χ3v) is 5.51. The van der Waals surface area contributed by atoms with Crippen molar-refractivity contribution in [2.45, 2.75) is 6.42 Å². The highest BCUT2D eigenvalue weighted by Crippen LogP contribution is 2.29. The first-order chi connectivity index (χ1) is 13.4. The van der Waals surface area contributed by atoms with Crippen LogP contribution in [-0.2, 0) is 16.0 Å². The van der Waals surface area contributed by atoms with Gasteiger partial charge in [-0.25, -0.2) is 4.98 Å². The van der Waals surface area contributed by atoms with Crippen LogP contribution in [-0.4, -0.2) is 35.3 Å². The van der Waals surface area contributed by atoms with Crippen molar-refractivity contribution in [3.05, 3.63) is 69.7 Å². The lowest BCUT2D eigenvalue weighted by molar-refractivity contribution is -0.132. The van der Waals surface area contributed by atoms with Crippen molar-refractivity contribution in [1.82, 2.24) is 9.88 Å². The molecule has 1 heterocycles. The van der Waals surface area contributed by atoms with E-state index >= 15 is 0 Å². The van der Waals surface area contributed by atoms with Gasteiger partial charge in [-0.2, -0.15) is 0 Å². The van der Waals surface area contributed by atoms with Crippen molar-refractivity contribution in [2.75, 3.05) is 18.9 Å². The van der Waals surface area contributed by atoms with Gasteiger partial charge in [-0.15, -0.1) is 11.3 Å². The quantitative estimate of drug-likeness (QED) is 0.609. The van der Waals surface area contributed by atoms with Crippen LogP contribution in [0.2, 0.25) is 10.0 Å². The lowest BCUT2D eigenvalue weighted by atomic mass is 10.2. The minimum Gasteiger partial charge on any atom is -0.336 e. The Balaban J connectivity index is 1.57. The lowest BCUT2D eigenvalue weighted by Gasteiger charge is -2.17. The van der Waals surface area contributed by atoms with Gasteiger partial charge < -0.3 is 10.2 Å². The Bertz CT molecular complexity index is 972. The summed E-state index contributed by atoms with van der Waals surface area (Å²) >= 11 is 13.6. The number of aromatic nitrogens is 1. The van der Waals surface area contributed by atoms with E-state index in [4.69, 9.17) is 23.2 Å². The summed E-state index contributed by atoms with van der Waals surface area (Å²) in [5, 5.41) is 6.04. The second kappa shape index (κ2) is 9.19. The summed E-state index contributed by atoms with van der Waals surface area (Å²) in [5.41, 5.74) is 2.02. The zero-order valence-corrected chi connectivity index (χ0v) is 17.3. The van der Waals surface area contributed by atoms with Gasteiger partial charge in [0.25, 0.3) is 0 Å². The van der Waals surface area contributed by atoms with Crippen LogP contribution in [0.4, 0.5) is 5.69 Å². The smallest absolute Gasteiger partial charge is 0.244 e. The van der Waals surface area contributed by atoms with Gasteiger partial charge in [-0.1, -0.05) is 59.6 Å². The molecule has 1 aromatic heterocycles. The van der Waals surface area contributed by atoms with Gasteiger partial charge in [0.1, 0.15) is 5.01 Å². The van der Waals surface area contributed by atoms with Crippen LogP contribution in [0, 0.1) is 0 Å². The monoisotopic (exact) mass is 433 g/mol. The van der Waals surface area contributed by atoms with E-state index in [0.29, 0.717) is 21.4 Å². The molecule has 28 heavy (non-hydrogen) atoms. The van der Waals surface area contributed by atoms with E-state index in [9.17, 15) is 9.59 Å². The highest BCUT2D eigenvalue weighted by atomic mass is 35.5. The minimum atomic E-state index is -0.380. The Morgan fingerprint density at radius 3 is 2.43 bits per heavy atom. The maximum absolute atomic E-state index is 12.4. The van der Waals surface area contributed by atoms with E-state index in [0.717, 1.165) is 10.6 Å². The largest absolute Gasteiger partial charge is 0.336 e. The Kier molecular flexibility index (Phi) is 6.67. The van der Waals surface area contributed by atoms with Crippen LogP contribution in [0.3, 0.4) is 0 Å². The topological polar surface area (TPSA) is 62.3 Å². The van der Waals surface area contributed by atoms with E-state index in [1.807, 2.05) is 35.7 Å². The predicted octanol–water partition coefficient (Wildman–Crippen LogP) is 4.76. The van der Waals surface area contributed by atoms with Crippen LogP contribution in [0.15, 0.2) is 53.9 Å². The number of anilines is 1. The number of hydrogen-bond acceptors (Lipinski definition) is 4. The molecule has 0 saturated heterocycles. The molecule has 0 aliphatic rings. The van der Waals surface area contributed by atoms with Crippen LogP contribution in [0.25, 0.3) is 10.6 Å². The van der Waals surface area contributed by atoms with E-state index in [-0.39, 0.29) is 24.8 Å². The van der Waals surface area contributed by atoms with Gasteiger partial charge in [0.2, 0.25) is 11.8 Å². The molecular weight excluding hydrogens is 417 g/mol. The first-order valence-corrected chi connectivity index (χ1v) is 10.0. The number of amides is 2. The number of para-hydroxylation sites is 1. The summed E-state index contributed by atoms with van der Waals surface area (Å²) in [6, 6.07) is 14.7. The number of nitrogens with zero attached hydrogens (tertiary/aromatic N) is 2. The fourth-order valence-electron chi connectivity index (χ4n) is 2.49. The standard InChI is InChI=1S/C20H17Cl2N3O2S/c1-25(11-17(26)24-19-15(21)8-5-9-16(19)22)18(27)10-14-12-28-20(23-14)13-6-3-2-4-7-13/h2-9,12H,10-11H2,1H3,(H,24,26). The molecule has 0 radical (unpaired) electrons. The van der Waals surface area contributed by atoms with Crippen molar-refractivity contribution < 1.29 is 9.59 Å². The highest BCUT2D eigenvalue weighted by Gasteiger charge is 2.17. The normalized spacial score (nSPS) is 10.5. The van der Waals surface area contributed by atoms with Gasteiger partial charge in [0.05, 0.1) is 34.4 Å². The Morgan fingerprint density at radius 2 is 1.75 bits per heavy atom. The van der Waals surface area contributed by atoms with E-state index < -0.39 is 0 Å². The van der Waals surface area contributed by atoms with E-state index in [1.165, 1.54) is 16.2 Å². The third-order valence-electron chi connectivity index (χ3n) is 3.94. The number of rotatable bonds is 6. The molecule has 5 nitrogen and oxygen atoms in total. The number of hydrogen-bond donors (Lipinski definition) is 1. The number of thiazole rings is 1. The first kappa shape index (κ1) is 20.3. The number of benzene rings is 2. The average molecular weight is 434 g/mol. The third kappa shape index (κ3) is 5.10. The molecular formula is C20H17Cl2N3O2S. The molecule has 0 spiro atoms. The van der Waals surface area contributed by atoms with Gasteiger partial charge in [0.15, 0.2) is 0 Å². The number of nitrogens with one attached hydrogen (secondary N) is 1. The molecule has 1 N–H and O–H groups in total. The summed E-state index contributed by atoms with van der Waals surface area (Å²) in [5.74, 6) is -0.584. The zero-order valence-electron chi connectivity index (χ0n) is 15.0. The molecule has 0 bridgehead atoms. The van der Waals surface area contributed by atoms with Crippen LogP contribution >= 0.6 is 34.5 Å². The van der Waals surface area contributed by atoms with Gasteiger partial charge >= 0.3 is 0 Å². The lowest BCUT2D eigenvalue weighted by Crippen LogP contribution is -2.36. The molecule has 0 fully saturated rings. The molecule has 8 heteroatoms. The first-order valence-electron chi connectivity index (χ1n) is 8.41. The van der Waals surface area contributed by atoms with Crippen LogP contribution < -0.4 is 5.32 Å². The number of likely N-dealkylation sites (N-methyl/N-ethyl adjacent to an activating group) is 1.